The molecule has 0 aromatic heterocycles. The molecule has 2 nitrogen and oxygen atoms in total. The molecule has 112 valence electrons. The number of thioether (sulfide) groups is 1. The normalized spacial score (nSPS) is 20.2. The van der Waals surface area contributed by atoms with Crippen molar-refractivity contribution >= 4 is 11.8 Å². The molecule has 0 aliphatic carbocycles. The minimum absolute atomic E-state index is 0.513. The van der Waals surface area contributed by atoms with E-state index in [0.29, 0.717) is 12.1 Å². The minimum atomic E-state index is 0.513. The molecule has 1 aliphatic heterocycles. The zero-order chi connectivity index (χ0) is 14.5. The smallest absolute Gasteiger partial charge is 0.0415 e. The van der Waals surface area contributed by atoms with E-state index in [1.807, 2.05) is 11.8 Å². The maximum absolute atomic E-state index is 3.80. The van der Waals surface area contributed by atoms with E-state index in [9.17, 15) is 0 Å². The molecule has 1 aliphatic rings. The average molecular weight is 292 g/mol. The quantitative estimate of drug-likeness (QED) is 0.863. The summed E-state index contributed by atoms with van der Waals surface area (Å²) in [7, 11) is 4.39. The van der Waals surface area contributed by atoms with Gasteiger partial charge in [-0.1, -0.05) is 38.1 Å². The highest BCUT2D eigenvalue weighted by molar-refractivity contribution is 7.98. The Bertz CT molecular complexity index is 417. The predicted octanol–water partition coefficient (Wildman–Crippen LogP) is 3.54. The summed E-state index contributed by atoms with van der Waals surface area (Å²) in [5.74, 6) is 3.10. The van der Waals surface area contributed by atoms with Crippen LogP contribution in [0.4, 0.5) is 0 Å². The molecule has 0 bridgehead atoms. The number of likely N-dealkylation sites (N-methyl/N-ethyl adjacent to an activating group) is 1. The highest BCUT2D eigenvalue weighted by Crippen LogP contribution is 2.31. The molecule has 2 unspecified atom stereocenters. The molecule has 1 heterocycles. The van der Waals surface area contributed by atoms with Gasteiger partial charge in [-0.25, -0.2) is 0 Å². The Hall–Kier alpha value is -0.510. The Morgan fingerprint density at radius 3 is 2.75 bits per heavy atom. The molecule has 0 fully saturated rings. The van der Waals surface area contributed by atoms with Gasteiger partial charge in [0, 0.05) is 30.1 Å². The largest absolute Gasteiger partial charge is 0.308 e. The maximum Gasteiger partial charge on any atom is 0.0415 e. The average Bonchev–Trinajstić information content (AvgIpc) is 2.42. The molecule has 0 radical (unpaired) electrons. The Kier molecular flexibility index (Phi) is 5.94. The number of nitrogens with one attached hydrogen (secondary N) is 1. The summed E-state index contributed by atoms with van der Waals surface area (Å²) in [5, 5.41) is 3.80. The van der Waals surface area contributed by atoms with Crippen molar-refractivity contribution in [2.75, 3.05) is 26.4 Å². The topological polar surface area (TPSA) is 15.3 Å². The molecule has 0 spiro atoms. The summed E-state index contributed by atoms with van der Waals surface area (Å²) >= 11 is 2.04. The Balaban J connectivity index is 1.97. The zero-order valence-electron chi connectivity index (χ0n) is 13.2. The van der Waals surface area contributed by atoms with Crippen molar-refractivity contribution in [2.45, 2.75) is 38.1 Å². The number of hydrogen-bond acceptors (Lipinski definition) is 3. The van der Waals surface area contributed by atoms with Crippen molar-refractivity contribution < 1.29 is 0 Å². The van der Waals surface area contributed by atoms with Crippen molar-refractivity contribution in [1.82, 2.24) is 10.2 Å². The van der Waals surface area contributed by atoms with E-state index < -0.39 is 0 Å². The third-order valence-corrected chi connectivity index (χ3v) is 5.13. The lowest BCUT2D eigenvalue weighted by Crippen LogP contribution is -2.41. The first-order valence-corrected chi connectivity index (χ1v) is 8.78. The number of rotatable bonds is 6. The van der Waals surface area contributed by atoms with Crippen molar-refractivity contribution in [3.8, 4) is 0 Å². The number of nitrogens with zero attached hydrogens (tertiary/aromatic N) is 1. The van der Waals surface area contributed by atoms with Gasteiger partial charge in [-0.05, 0) is 37.6 Å². The molecule has 20 heavy (non-hydrogen) atoms. The van der Waals surface area contributed by atoms with E-state index in [4.69, 9.17) is 0 Å². The lowest BCUT2D eigenvalue weighted by atomic mass is 10.00. The van der Waals surface area contributed by atoms with Gasteiger partial charge in [0.2, 0.25) is 0 Å². The van der Waals surface area contributed by atoms with E-state index >= 15 is 0 Å². The van der Waals surface area contributed by atoms with Gasteiger partial charge in [-0.3, -0.25) is 0 Å². The van der Waals surface area contributed by atoms with Crippen molar-refractivity contribution in [3.05, 3.63) is 35.4 Å². The first-order valence-electron chi connectivity index (χ1n) is 7.63. The highest BCUT2D eigenvalue weighted by Gasteiger charge is 2.21. The lowest BCUT2D eigenvalue weighted by Gasteiger charge is -2.31. The van der Waals surface area contributed by atoms with Crippen LogP contribution in [-0.4, -0.2) is 37.3 Å². The standard InChI is InChI=1S/C17H28N2S/c1-13(2)9-15(19(3)4)10-18-17-12-20-11-14-7-5-6-8-16(14)17/h5-8,13,15,17-18H,9-12H2,1-4H3. The summed E-state index contributed by atoms with van der Waals surface area (Å²) in [6.45, 7) is 5.69. The van der Waals surface area contributed by atoms with Gasteiger partial charge in [0.1, 0.15) is 0 Å². The Morgan fingerprint density at radius 2 is 2.05 bits per heavy atom. The van der Waals surface area contributed by atoms with Gasteiger partial charge in [-0.15, -0.1) is 0 Å². The summed E-state index contributed by atoms with van der Waals surface area (Å²) in [5.41, 5.74) is 3.01. The second-order valence-corrected chi connectivity index (χ2v) is 7.45. The highest BCUT2D eigenvalue weighted by atomic mass is 32.2. The molecule has 0 saturated heterocycles. The maximum atomic E-state index is 3.80. The van der Waals surface area contributed by atoms with Crippen LogP contribution in [0.5, 0.6) is 0 Å². The number of hydrogen-bond donors (Lipinski definition) is 1. The number of fused-ring (bicyclic) bond motifs is 1. The van der Waals surface area contributed by atoms with Crippen molar-refractivity contribution in [3.63, 3.8) is 0 Å². The Labute approximate surface area is 128 Å². The summed E-state index contributed by atoms with van der Waals surface area (Å²) in [4.78, 5) is 2.36. The zero-order valence-corrected chi connectivity index (χ0v) is 14.0. The first kappa shape index (κ1) is 15.9. The van der Waals surface area contributed by atoms with E-state index in [1.165, 1.54) is 23.3 Å². The summed E-state index contributed by atoms with van der Waals surface area (Å²) < 4.78 is 0. The molecule has 0 amide bonds. The van der Waals surface area contributed by atoms with Crippen molar-refractivity contribution in [2.24, 2.45) is 5.92 Å². The molecular formula is C17H28N2S. The van der Waals surface area contributed by atoms with Crippen LogP contribution in [-0.2, 0) is 5.75 Å². The number of benzene rings is 1. The van der Waals surface area contributed by atoms with Gasteiger partial charge in [-0.2, -0.15) is 11.8 Å². The monoisotopic (exact) mass is 292 g/mol. The third kappa shape index (κ3) is 4.24. The lowest BCUT2D eigenvalue weighted by molar-refractivity contribution is 0.242. The van der Waals surface area contributed by atoms with Gasteiger partial charge in [0.25, 0.3) is 0 Å². The fraction of sp³-hybridized carbons (Fsp3) is 0.647. The van der Waals surface area contributed by atoms with E-state index in [1.54, 1.807) is 0 Å². The van der Waals surface area contributed by atoms with Crippen LogP contribution in [0.1, 0.15) is 37.4 Å². The summed E-state index contributed by atoms with van der Waals surface area (Å²) in [6, 6.07) is 10.0. The van der Waals surface area contributed by atoms with Crippen LogP contribution in [0.15, 0.2) is 24.3 Å². The molecular weight excluding hydrogens is 264 g/mol. The van der Waals surface area contributed by atoms with E-state index in [2.05, 4.69) is 62.4 Å². The molecule has 1 N–H and O–H groups in total. The van der Waals surface area contributed by atoms with Crippen LogP contribution >= 0.6 is 11.8 Å². The Morgan fingerprint density at radius 1 is 1.30 bits per heavy atom. The van der Waals surface area contributed by atoms with Crippen LogP contribution in [0.3, 0.4) is 0 Å². The van der Waals surface area contributed by atoms with Gasteiger partial charge >= 0.3 is 0 Å². The van der Waals surface area contributed by atoms with Crippen LogP contribution < -0.4 is 5.32 Å². The van der Waals surface area contributed by atoms with Crippen LogP contribution in [0.2, 0.25) is 0 Å². The van der Waals surface area contributed by atoms with E-state index in [0.717, 1.165) is 18.2 Å². The predicted molar refractivity (Wildman–Crippen MR) is 90.3 cm³/mol. The molecule has 3 heteroatoms. The molecule has 2 rings (SSSR count). The van der Waals surface area contributed by atoms with Gasteiger partial charge in [0.05, 0.1) is 0 Å². The molecule has 2 atom stereocenters. The van der Waals surface area contributed by atoms with Gasteiger partial charge < -0.3 is 10.2 Å². The van der Waals surface area contributed by atoms with Gasteiger partial charge in [0.15, 0.2) is 0 Å². The van der Waals surface area contributed by atoms with Crippen molar-refractivity contribution in [1.29, 1.82) is 0 Å². The third-order valence-electron chi connectivity index (χ3n) is 4.05. The fourth-order valence-corrected chi connectivity index (χ4v) is 3.98. The molecule has 1 aromatic rings. The summed E-state index contributed by atoms with van der Waals surface area (Å²) in [6.07, 6.45) is 1.25. The molecule has 0 saturated carbocycles. The second kappa shape index (κ2) is 7.48. The van der Waals surface area contributed by atoms with E-state index in [-0.39, 0.29) is 0 Å². The fourth-order valence-electron chi connectivity index (χ4n) is 2.85. The SMILES string of the molecule is CC(C)CC(CNC1CSCc2ccccc21)N(C)C. The first-order chi connectivity index (χ1) is 9.58. The minimum Gasteiger partial charge on any atom is -0.308 e. The van der Waals surface area contributed by atoms with Crippen LogP contribution in [0, 0.1) is 5.92 Å². The molecule has 1 aromatic carbocycles. The van der Waals surface area contributed by atoms with Crippen LogP contribution in [0.25, 0.3) is 0 Å². The second-order valence-electron chi connectivity index (χ2n) is 6.42.